The number of benzene rings is 1. The van der Waals surface area contributed by atoms with Crippen molar-refractivity contribution < 1.29 is 9.29 Å². The number of nitrogens with zero attached hydrogens (tertiary/aromatic N) is 5. The van der Waals surface area contributed by atoms with Crippen LogP contribution in [0.5, 0.6) is 0 Å². The molecule has 1 aromatic heterocycles. The highest BCUT2D eigenvalue weighted by Crippen LogP contribution is 2.20. The monoisotopic (exact) mass is 361 g/mol. The van der Waals surface area contributed by atoms with Crippen LogP contribution in [0.4, 0.5) is 10.1 Å². The number of rotatable bonds is 5. The fraction of sp³-hybridized carbons (Fsp3) is 0.632. The maximum atomic E-state index is 13.2. The molecule has 1 fully saturated rings. The van der Waals surface area contributed by atoms with Crippen LogP contribution in [0, 0.1) is 5.82 Å². The van der Waals surface area contributed by atoms with Gasteiger partial charge < -0.3 is 9.80 Å². The molecule has 0 aliphatic carbocycles. The summed E-state index contributed by atoms with van der Waals surface area (Å²) >= 11 is 0. The van der Waals surface area contributed by atoms with Gasteiger partial charge in [0.05, 0.1) is 31.7 Å². The van der Waals surface area contributed by atoms with E-state index in [0.717, 1.165) is 50.5 Å². The lowest BCUT2D eigenvalue weighted by atomic mass is 10.0. The number of nitrogens with one attached hydrogen (secondary N) is 1. The molecule has 1 atom stereocenters. The topological polar surface area (TPSA) is 51.3 Å². The van der Waals surface area contributed by atoms with Gasteiger partial charge in [0.15, 0.2) is 0 Å². The molecule has 142 valence electrons. The van der Waals surface area contributed by atoms with E-state index in [1.165, 1.54) is 17.0 Å². The highest BCUT2D eigenvalue weighted by atomic mass is 19.1. The van der Waals surface area contributed by atoms with Crippen LogP contribution >= 0.6 is 0 Å². The normalized spacial score (nSPS) is 17.5. The zero-order valence-electron chi connectivity index (χ0n) is 16.2. The Kier molecular flexibility index (Phi) is 5.55. The number of hydrogen-bond donors (Lipinski definition) is 1. The highest BCUT2D eigenvalue weighted by Gasteiger charge is 2.34. The van der Waals surface area contributed by atoms with E-state index in [0.29, 0.717) is 6.04 Å². The van der Waals surface area contributed by atoms with Crippen molar-refractivity contribution in [1.82, 2.24) is 20.2 Å². The van der Waals surface area contributed by atoms with E-state index < -0.39 is 0 Å². The van der Waals surface area contributed by atoms with Gasteiger partial charge in [0.2, 0.25) is 5.82 Å². The molecule has 3 rings (SSSR count). The van der Waals surface area contributed by atoms with Crippen molar-refractivity contribution in [1.29, 1.82) is 0 Å². The number of aromatic nitrogens is 4. The van der Waals surface area contributed by atoms with E-state index in [-0.39, 0.29) is 11.4 Å². The third kappa shape index (κ3) is 4.03. The maximum absolute atomic E-state index is 13.2. The van der Waals surface area contributed by atoms with Crippen molar-refractivity contribution in [3.63, 3.8) is 0 Å². The van der Waals surface area contributed by atoms with E-state index in [1.807, 2.05) is 16.8 Å². The first-order chi connectivity index (χ1) is 12.4. The number of halogens is 1. The van der Waals surface area contributed by atoms with Crippen LogP contribution in [0.2, 0.25) is 0 Å². The molecule has 6 nitrogen and oxygen atoms in total. The minimum Gasteiger partial charge on any atom is -0.360 e. The molecule has 1 N–H and O–H groups in total. The maximum Gasteiger partial charge on any atom is 0.209 e. The van der Waals surface area contributed by atoms with Gasteiger partial charge in [-0.3, -0.25) is 0 Å². The fourth-order valence-corrected chi connectivity index (χ4v) is 3.75. The summed E-state index contributed by atoms with van der Waals surface area (Å²) in [5.41, 5.74) is 0.970. The molecule has 0 amide bonds. The summed E-state index contributed by atoms with van der Waals surface area (Å²) in [5.74, 6) is 0.805. The molecule has 0 radical (unpaired) electrons. The van der Waals surface area contributed by atoms with Crippen molar-refractivity contribution in [3.05, 3.63) is 35.9 Å². The largest absolute Gasteiger partial charge is 0.360 e. The van der Waals surface area contributed by atoms with Gasteiger partial charge in [0, 0.05) is 12.1 Å². The lowest BCUT2D eigenvalue weighted by Crippen LogP contribution is -3.15. The number of piperazine rings is 1. The van der Waals surface area contributed by atoms with Crippen LogP contribution in [-0.4, -0.2) is 46.4 Å². The quantitative estimate of drug-likeness (QED) is 0.883. The summed E-state index contributed by atoms with van der Waals surface area (Å²) in [4.78, 5) is 3.86. The summed E-state index contributed by atoms with van der Waals surface area (Å²) in [7, 11) is 0. The Morgan fingerprint density at radius 1 is 1.15 bits per heavy atom. The summed E-state index contributed by atoms with van der Waals surface area (Å²) in [6, 6.07) is 7.11. The molecule has 0 unspecified atom stereocenters. The second-order valence-corrected chi connectivity index (χ2v) is 8.08. The summed E-state index contributed by atoms with van der Waals surface area (Å²) in [6.07, 6.45) is 2.18. The fourth-order valence-electron chi connectivity index (χ4n) is 3.75. The van der Waals surface area contributed by atoms with Crippen LogP contribution < -0.4 is 9.80 Å². The lowest BCUT2D eigenvalue weighted by molar-refractivity contribution is -0.933. The van der Waals surface area contributed by atoms with Crippen LogP contribution in [0.1, 0.15) is 52.4 Å². The van der Waals surface area contributed by atoms with Gasteiger partial charge in [0.1, 0.15) is 11.9 Å². The van der Waals surface area contributed by atoms with Gasteiger partial charge in [-0.25, -0.2) is 9.07 Å². The smallest absolute Gasteiger partial charge is 0.209 e. The molecule has 1 aliphatic rings. The summed E-state index contributed by atoms with van der Waals surface area (Å²) < 4.78 is 15.1. The molecule has 7 heteroatoms. The van der Waals surface area contributed by atoms with Gasteiger partial charge in [0.25, 0.3) is 0 Å². The van der Waals surface area contributed by atoms with Gasteiger partial charge in [-0.2, -0.15) is 0 Å². The molecule has 0 saturated carbocycles. The van der Waals surface area contributed by atoms with E-state index in [2.05, 4.69) is 48.1 Å². The molecule has 1 aromatic carbocycles. The van der Waals surface area contributed by atoms with Gasteiger partial charge in [-0.1, -0.05) is 13.3 Å². The Labute approximate surface area is 155 Å². The Hall–Kier alpha value is -2.02. The molecule has 1 aliphatic heterocycles. The molecule has 0 bridgehead atoms. The molecular formula is C19H30FN6+. The van der Waals surface area contributed by atoms with Crippen LogP contribution in [-0.2, 0) is 5.54 Å². The van der Waals surface area contributed by atoms with Crippen molar-refractivity contribution in [2.75, 3.05) is 31.1 Å². The molecule has 2 heterocycles. The number of anilines is 1. The third-order valence-electron chi connectivity index (χ3n) is 5.11. The van der Waals surface area contributed by atoms with Crippen molar-refractivity contribution in [3.8, 4) is 0 Å². The Bertz CT molecular complexity index is 698. The predicted octanol–water partition coefficient (Wildman–Crippen LogP) is 1.81. The van der Waals surface area contributed by atoms with Gasteiger partial charge >= 0.3 is 0 Å². The second kappa shape index (κ2) is 7.70. The van der Waals surface area contributed by atoms with Crippen molar-refractivity contribution in [2.24, 2.45) is 0 Å². The van der Waals surface area contributed by atoms with Gasteiger partial charge in [-0.15, -0.1) is 5.10 Å². The lowest BCUT2D eigenvalue weighted by Gasteiger charge is -2.37. The standard InChI is InChI=1S/C19H29FN6/c1-5-6-17(18-21-22-23-26(18)19(2,3)4)25-13-11-24(12-14-25)16-9-7-15(20)8-10-16/h7-10,17H,5-6,11-14H2,1-4H3/p+1/t17-/m0/s1. The number of hydrogen-bond acceptors (Lipinski definition) is 4. The summed E-state index contributed by atoms with van der Waals surface area (Å²) in [5, 5.41) is 12.6. The summed E-state index contributed by atoms with van der Waals surface area (Å²) in [6.45, 7) is 12.6. The second-order valence-electron chi connectivity index (χ2n) is 8.08. The average Bonchev–Trinajstić information content (AvgIpc) is 3.10. The van der Waals surface area contributed by atoms with E-state index in [1.54, 1.807) is 0 Å². The van der Waals surface area contributed by atoms with Crippen molar-refractivity contribution >= 4 is 5.69 Å². The zero-order valence-corrected chi connectivity index (χ0v) is 16.2. The number of quaternary nitrogens is 1. The van der Waals surface area contributed by atoms with E-state index >= 15 is 0 Å². The van der Waals surface area contributed by atoms with Crippen LogP contribution in [0.3, 0.4) is 0 Å². The Morgan fingerprint density at radius 3 is 2.38 bits per heavy atom. The predicted molar refractivity (Wildman–Crippen MR) is 99.8 cm³/mol. The van der Waals surface area contributed by atoms with Crippen LogP contribution in [0.25, 0.3) is 0 Å². The van der Waals surface area contributed by atoms with Gasteiger partial charge in [-0.05, 0) is 55.5 Å². The average molecular weight is 361 g/mol. The molecular weight excluding hydrogens is 331 g/mol. The molecule has 1 saturated heterocycles. The first-order valence-electron chi connectivity index (χ1n) is 9.54. The molecule has 26 heavy (non-hydrogen) atoms. The molecule has 0 spiro atoms. The van der Waals surface area contributed by atoms with E-state index in [4.69, 9.17) is 0 Å². The third-order valence-corrected chi connectivity index (χ3v) is 5.11. The Balaban J connectivity index is 1.73. The van der Waals surface area contributed by atoms with Crippen LogP contribution in [0.15, 0.2) is 24.3 Å². The minimum atomic E-state index is -0.185. The minimum absolute atomic E-state index is 0.125. The molecule has 2 aromatic rings. The number of tetrazole rings is 1. The first-order valence-corrected chi connectivity index (χ1v) is 9.54. The van der Waals surface area contributed by atoms with E-state index in [9.17, 15) is 4.39 Å². The highest BCUT2D eigenvalue weighted by molar-refractivity contribution is 5.46. The SMILES string of the molecule is CCC[C@@H](c1nnnn1C(C)(C)C)[NH+]1CCN(c2ccc(F)cc2)CC1. The zero-order chi connectivity index (χ0) is 18.7. The van der Waals surface area contributed by atoms with Crippen molar-refractivity contribution in [2.45, 2.75) is 52.1 Å². The Morgan fingerprint density at radius 2 is 1.81 bits per heavy atom. The first kappa shape index (κ1) is 18.8.